The molecule has 3 rings (SSSR count). The van der Waals surface area contributed by atoms with Crippen LogP contribution in [-0.4, -0.2) is 37.0 Å². The van der Waals surface area contributed by atoms with Crippen molar-refractivity contribution >= 4 is 28.9 Å². The number of benzene rings is 2. The number of nitriles is 1. The van der Waals surface area contributed by atoms with Gasteiger partial charge in [-0.2, -0.15) is 5.26 Å². The van der Waals surface area contributed by atoms with Gasteiger partial charge >= 0.3 is 0 Å². The number of amides is 1. The number of carbonyl (C=O) groups excluding carboxylic acids is 1. The first-order chi connectivity index (χ1) is 12.7. The number of anilines is 2. The zero-order valence-corrected chi connectivity index (χ0v) is 15.0. The van der Waals surface area contributed by atoms with Crippen molar-refractivity contribution in [3.63, 3.8) is 0 Å². The van der Waals surface area contributed by atoms with E-state index in [0.29, 0.717) is 10.7 Å². The van der Waals surface area contributed by atoms with Gasteiger partial charge in [-0.3, -0.25) is 4.79 Å². The number of rotatable bonds is 4. The minimum absolute atomic E-state index is 0.0677. The molecule has 0 aromatic heterocycles. The molecule has 1 saturated heterocycles. The lowest BCUT2D eigenvalue weighted by atomic mass is 10.2. The van der Waals surface area contributed by atoms with Crippen molar-refractivity contribution in [3.8, 4) is 6.07 Å². The maximum absolute atomic E-state index is 12.4. The third kappa shape index (κ3) is 4.35. The van der Waals surface area contributed by atoms with E-state index in [9.17, 15) is 10.1 Å². The zero-order valence-electron chi connectivity index (χ0n) is 14.2. The maximum Gasteiger partial charge on any atom is 0.267 e. The van der Waals surface area contributed by atoms with Gasteiger partial charge in [0.1, 0.15) is 11.6 Å². The molecule has 2 aromatic carbocycles. The summed E-state index contributed by atoms with van der Waals surface area (Å²) in [5.74, 6) is -0.453. The molecule has 132 valence electrons. The second-order valence-corrected chi connectivity index (χ2v) is 6.35. The van der Waals surface area contributed by atoms with Gasteiger partial charge in [-0.05, 0) is 24.3 Å². The smallest absolute Gasteiger partial charge is 0.267 e. The van der Waals surface area contributed by atoms with E-state index in [0.717, 1.165) is 26.2 Å². The second kappa shape index (κ2) is 8.41. The molecular weight excluding hydrogens is 348 g/mol. The monoisotopic (exact) mass is 366 g/mol. The van der Waals surface area contributed by atoms with Crippen LogP contribution >= 0.6 is 11.6 Å². The molecule has 0 bridgehead atoms. The Kier molecular flexibility index (Phi) is 5.77. The molecule has 1 fully saturated rings. The van der Waals surface area contributed by atoms with Crippen molar-refractivity contribution in [1.29, 1.82) is 5.26 Å². The van der Waals surface area contributed by atoms with Crippen LogP contribution in [0.4, 0.5) is 11.4 Å². The highest BCUT2D eigenvalue weighted by Gasteiger charge is 2.18. The van der Waals surface area contributed by atoms with Crippen molar-refractivity contribution in [2.24, 2.45) is 0 Å². The van der Waals surface area contributed by atoms with Gasteiger partial charge in [-0.25, -0.2) is 0 Å². The molecule has 1 heterocycles. The summed E-state index contributed by atoms with van der Waals surface area (Å²) in [5, 5.41) is 12.5. The molecule has 0 atom stereocenters. The summed E-state index contributed by atoms with van der Waals surface area (Å²) in [6.45, 7) is 3.18. The number of carbonyl (C=O) groups is 1. The average molecular weight is 367 g/mol. The number of halogens is 1. The van der Waals surface area contributed by atoms with Crippen LogP contribution in [0.2, 0.25) is 5.02 Å². The first kappa shape index (κ1) is 17.8. The summed E-state index contributed by atoms with van der Waals surface area (Å²) < 4.78 is 0. The van der Waals surface area contributed by atoms with Crippen LogP contribution in [-0.2, 0) is 4.79 Å². The van der Waals surface area contributed by atoms with Gasteiger partial charge in [0.25, 0.3) is 5.91 Å². The Morgan fingerprint density at radius 3 is 2.35 bits per heavy atom. The first-order valence-corrected chi connectivity index (χ1v) is 8.77. The summed E-state index contributed by atoms with van der Waals surface area (Å²) >= 11 is 6.05. The average Bonchev–Trinajstić information content (AvgIpc) is 2.69. The molecule has 1 aliphatic rings. The highest BCUT2D eigenvalue weighted by atomic mass is 35.5. The highest BCUT2D eigenvalue weighted by molar-refractivity contribution is 6.33. The van der Waals surface area contributed by atoms with Crippen LogP contribution in [0.25, 0.3) is 0 Å². The number of hydrogen-bond donors (Lipinski definition) is 1. The highest BCUT2D eigenvalue weighted by Crippen LogP contribution is 2.21. The van der Waals surface area contributed by atoms with Crippen LogP contribution in [0.15, 0.2) is 66.4 Å². The summed E-state index contributed by atoms with van der Waals surface area (Å²) in [4.78, 5) is 16.7. The summed E-state index contributed by atoms with van der Waals surface area (Å²) in [6, 6.07) is 19.2. The zero-order chi connectivity index (χ0) is 18.4. The number of piperazine rings is 1. The lowest BCUT2D eigenvalue weighted by Gasteiger charge is -2.35. The molecule has 6 heteroatoms. The number of nitrogens with zero attached hydrogens (tertiary/aromatic N) is 3. The van der Waals surface area contributed by atoms with Gasteiger partial charge in [0.2, 0.25) is 0 Å². The molecule has 1 amide bonds. The van der Waals surface area contributed by atoms with E-state index >= 15 is 0 Å². The van der Waals surface area contributed by atoms with Crippen molar-refractivity contribution < 1.29 is 4.79 Å². The lowest BCUT2D eigenvalue weighted by molar-refractivity contribution is -0.112. The molecule has 1 N–H and O–H groups in total. The molecule has 0 saturated carbocycles. The molecule has 5 nitrogen and oxygen atoms in total. The van der Waals surface area contributed by atoms with E-state index in [-0.39, 0.29) is 5.57 Å². The number of hydrogen-bond acceptors (Lipinski definition) is 4. The van der Waals surface area contributed by atoms with Crippen LogP contribution in [0.5, 0.6) is 0 Å². The third-order valence-corrected chi connectivity index (χ3v) is 4.56. The predicted octanol–water partition coefficient (Wildman–Crippen LogP) is 3.51. The summed E-state index contributed by atoms with van der Waals surface area (Å²) in [7, 11) is 0. The molecule has 1 aliphatic heterocycles. The largest absolute Gasteiger partial charge is 0.373 e. The normalized spacial score (nSPS) is 14.7. The molecule has 26 heavy (non-hydrogen) atoms. The Morgan fingerprint density at radius 2 is 1.69 bits per heavy atom. The van der Waals surface area contributed by atoms with Crippen LogP contribution in [0.3, 0.4) is 0 Å². The molecule has 0 aliphatic carbocycles. The summed E-state index contributed by atoms with van der Waals surface area (Å²) in [5.41, 5.74) is 1.75. The quantitative estimate of drug-likeness (QED) is 0.664. The lowest BCUT2D eigenvalue weighted by Crippen LogP contribution is -2.44. The Labute approximate surface area is 158 Å². The van der Waals surface area contributed by atoms with Crippen molar-refractivity contribution in [1.82, 2.24) is 4.90 Å². The van der Waals surface area contributed by atoms with Gasteiger partial charge in [0, 0.05) is 38.1 Å². The van der Waals surface area contributed by atoms with Gasteiger partial charge in [-0.15, -0.1) is 0 Å². The molecule has 0 spiro atoms. The van der Waals surface area contributed by atoms with E-state index in [2.05, 4.69) is 22.3 Å². The predicted molar refractivity (Wildman–Crippen MR) is 104 cm³/mol. The minimum atomic E-state index is -0.453. The Hall–Kier alpha value is -2.97. The van der Waals surface area contributed by atoms with Crippen LogP contribution in [0.1, 0.15) is 0 Å². The summed E-state index contributed by atoms with van der Waals surface area (Å²) in [6.07, 6.45) is 1.63. The minimum Gasteiger partial charge on any atom is -0.373 e. The topological polar surface area (TPSA) is 59.4 Å². The molecule has 0 radical (unpaired) electrons. The Morgan fingerprint density at radius 1 is 1.04 bits per heavy atom. The fourth-order valence-corrected chi connectivity index (χ4v) is 3.00. The second-order valence-electron chi connectivity index (χ2n) is 5.95. The van der Waals surface area contributed by atoms with Gasteiger partial charge in [0.15, 0.2) is 0 Å². The number of nitrogens with one attached hydrogen (secondary N) is 1. The SMILES string of the molecule is N#C/C(=C/N1CCN(c2ccccc2)CC1)C(=O)Nc1ccccc1Cl. The number of para-hydroxylation sites is 2. The maximum atomic E-state index is 12.4. The first-order valence-electron chi connectivity index (χ1n) is 8.39. The van der Waals surface area contributed by atoms with E-state index in [1.165, 1.54) is 5.69 Å². The fourth-order valence-electron chi connectivity index (χ4n) is 2.82. The van der Waals surface area contributed by atoms with E-state index in [1.54, 1.807) is 30.5 Å². The van der Waals surface area contributed by atoms with Gasteiger partial charge in [0.05, 0.1) is 10.7 Å². The van der Waals surface area contributed by atoms with Crippen molar-refractivity contribution in [2.75, 3.05) is 36.4 Å². The molecular formula is C20H19ClN4O. The van der Waals surface area contributed by atoms with E-state index < -0.39 is 5.91 Å². The van der Waals surface area contributed by atoms with Gasteiger partial charge < -0.3 is 15.1 Å². The van der Waals surface area contributed by atoms with Crippen LogP contribution < -0.4 is 10.2 Å². The van der Waals surface area contributed by atoms with E-state index in [4.69, 9.17) is 11.6 Å². The van der Waals surface area contributed by atoms with Crippen LogP contribution in [0, 0.1) is 11.3 Å². The Balaban J connectivity index is 1.62. The molecule has 2 aromatic rings. The van der Waals surface area contributed by atoms with Crippen molar-refractivity contribution in [2.45, 2.75) is 0 Å². The Bertz CT molecular complexity index is 836. The van der Waals surface area contributed by atoms with Gasteiger partial charge in [-0.1, -0.05) is 41.9 Å². The van der Waals surface area contributed by atoms with E-state index in [1.807, 2.05) is 29.2 Å². The third-order valence-electron chi connectivity index (χ3n) is 4.23. The fraction of sp³-hybridized carbons (Fsp3) is 0.200. The standard InChI is InChI=1S/C20H19ClN4O/c21-18-8-4-5-9-19(18)23-20(26)16(14-22)15-24-10-12-25(13-11-24)17-6-2-1-3-7-17/h1-9,15H,10-13H2,(H,23,26)/b16-15-. The van der Waals surface area contributed by atoms with Crippen molar-refractivity contribution in [3.05, 3.63) is 71.4 Å². The molecule has 0 unspecified atom stereocenters.